The van der Waals surface area contributed by atoms with Crippen LogP contribution in [0.15, 0.2) is 18.2 Å². The third-order valence-corrected chi connectivity index (χ3v) is 5.87. The Morgan fingerprint density at radius 3 is 2.45 bits per heavy atom. The second kappa shape index (κ2) is 5.75. The Hall–Kier alpha value is -0.440. The van der Waals surface area contributed by atoms with Crippen molar-refractivity contribution in [1.82, 2.24) is 0 Å². The second-order valence-corrected chi connectivity index (χ2v) is 6.93. The van der Waals surface area contributed by atoms with Gasteiger partial charge in [0.15, 0.2) is 0 Å². The van der Waals surface area contributed by atoms with E-state index in [0.717, 1.165) is 6.42 Å². The van der Waals surface area contributed by atoms with Gasteiger partial charge in [-0.25, -0.2) is 0 Å². The van der Waals surface area contributed by atoms with E-state index in [1.807, 2.05) is 12.1 Å². The zero-order valence-corrected chi connectivity index (χ0v) is 13.1. The van der Waals surface area contributed by atoms with Crippen molar-refractivity contribution in [1.29, 1.82) is 0 Å². The normalized spacial score (nSPS) is 28.8. The van der Waals surface area contributed by atoms with E-state index in [0.29, 0.717) is 15.8 Å². The van der Waals surface area contributed by atoms with E-state index in [-0.39, 0.29) is 17.6 Å². The summed E-state index contributed by atoms with van der Waals surface area (Å²) in [6.45, 7) is 0. The van der Waals surface area contributed by atoms with Gasteiger partial charge in [-0.1, -0.05) is 55.0 Å². The Kier molecular flexibility index (Phi) is 4.16. The molecule has 4 heteroatoms. The number of benzene rings is 1. The molecule has 2 saturated carbocycles. The largest absolute Gasteiger partial charge is 0.488 e. The first-order chi connectivity index (χ1) is 9.63. The minimum Gasteiger partial charge on any atom is -0.488 e. The maximum atomic E-state index is 6.33. The first kappa shape index (κ1) is 14.5. The van der Waals surface area contributed by atoms with E-state index in [4.69, 9.17) is 33.7 Å². The number of hydrogen-bond acceptors (Lipinski definition) is 2. The molecular weight excluding hydrogens is 293 g/mol. The van der Waals surface area contributed by atoms with Crippen LogP contribution in [-0.4, -0.2) is 12.1 Å². The van der Waals surface area contributed by atoms with Crippen molar-refractivity contribution < 1.29 is 4.74 Å². The lowest BCUT2D eigenvalue weighted by Gasteiger charge is -2.54. The fourth-order valence-corrected chi connectivity index (χ4v) is 4.09. The quantitative estimate of drug-likeness (QED) is 0.850. The molecule has 2 atom stereocenters. The lowest BCUT2D eigenvalue weighted by molar-refractivity contribution is -0.0769. The Labute approximate surface area is 130 Å². The van der Waals surface area contributed by atoms with Gasteiger partial charge in [0.2, 0.25) is 0 Å². The monoisotopic (exact) mass is 313 g/mol. The molecule has 1 aromatic carbocycles. The van der Waals surface area contributed by atoms with E-state index < -0.39 is 0 Å². The van der Waals surface area contributed by atoms with Gasteiger partial charge in [-0.2, -0.15) is 0 Å². The molecule has 0 aliphatic heterocycles. The molecule has 2 aliphatic carbocycles. The van der Waals surface area contributed by atoms with Crippen LogP contribution in [0.2, 0.25) is 10.0 Å². The van der Waals surface area contributed by atoms with Crippen LogP contribution in [0, 0.1) is 5.41 Å². The fraction of sp³-hybridized carbons (Fsp3) is 0.625. The summed E-state index contributed by atoms with van der Waals surface area (Å²) in [7, 11) is 0. The summed E-state index contributed by atoms with van der Waals surface area (Å²) in [4.78, 5) is 0. The zero-order chi connectivity index (χ0) is 14.2. The Bertz CT molecular complexity index is 483. The SMILES string of the molecule is NC1CC(Oc2cccc(Cl)c2Cl)C12CCCCCC2. The maximum absolute atomic E-state index is 6.33. The van der Waals surface area contributed by atoms with Gasteiger partial charge in [-0.15, -0.1) is 0 Å². The summed E-state index contributed by atoms with van der Waals surface area (Å²) in [5.41, 5.74) is 6.49. The Morgan fingerprint density at radius 1 is 1.10 bits per heavy atom. The molecular formula is C16H21Cl2NO. The van der Waals surface area contributed by atoms with Gasteiger partial charge in [0.25, 0.3) is 0 Å². The highest BCUT2D eigenvalue weighted by atomic mass is 35.5. The van der Waals surface area contributed by atoms with E-state index in [9.17, 15) is 0 Å². The third-order valence-electron chi connectivity index (χ3n) is 5.07. The van der Waals surface area contributed by atoms with Crippen LogP contribution in [0.25, 0.3) is 0 Å². The van der Waals surface area contributed by atoms with Crippen molar-refractivity contribution in [2.75, 3.05) is 0 Å². The van der Waals surface area contributed by atoms with Crippen LogP contribution >= 0.6 is 23.2 Å². The number of rotatable bonds is 2. The maximum Gasteiger partial charge on any atom is 0.139 e. The third kappa shape index (κ3) is 2.43. The van der Waals surface area contributed by atoms with Crippen molar-refractivity contribution in [3.63, 3.8) is 0 Å². The highest BCUT2D eigenvalue weighted by Gasteiger charge is 2.54. The van der Waals surface area contributed by atoms with E-state index in [2.05, 4.69) is 0 Å². The lowest BCUT2D eigenvalue weighted by Crippen LogP contribution is -2.63. The predicted octanol–water partition coefficient (Wildman–Crippen LogP) is 4.81. The summed E-state index contributed by atoms with van der Waals surface area (Å²) >= 11 is 12.3. The molecule has 2 nitrogen and oxygen atoms in total. The number of nitrogens with two attached hydrogens (primary N) is 1. The molecule has 1 aromatic rings. The molecule has 1 spiro atoms. The minimum atomic E-state index is 0.155. The van der Waals surface area contributed by atoms with Crippen molar-refractivity contribution in [2.24, 2.45) is 11.1 Å². The molecule has 110 valence electrons. The van der Waals surface area contributed by atoms with Crippen molar-refractivity contribution >= 4 is 23.2 Å². The summed E-state index contributed by atoms with van der Waals surface area (Å²) < 4.78 is 6.18. The van der Waals surface area contributed by atoms with Gasteiger partial charge in [0.05, 0.1) is 5.02 Å². The van der Waals surface area contributed by atoms with E-state index >= 15 is 0 Å². The molecule has 2 N–H and O–H groups in total. The Morgan fingerprint density at radius 2 is 1.80 bits per heavy atom. The molecule has 2 aliphatic rings. The minimum absolute atomic E-state index is 0.155. The van der Waals surface area contributed by atoms with Crippen LogP contribution in [0.1, 0.15) is 44.9 Å². The molecule has 0 amide bonds. The average Bonchev–Trinajstić information content (AvgIpc) is 2.71. The first-order valence-electron chi connectivity index (χ1n) is 7.50. The standard InChI is InChI=1S/C16H21Cl2NO/c17-11-6-5-7-12(15(11)18)20-14-10-13(19)16(14)8-3-1-2-4-9-16/h5-7,13-14H,1-4,8-10,19H2. The molecule has 2 fully saturated rings. The zero-order valence-electron chi connectivity index (χ0n) is 11.6. The van der Waals surface area contributed by atoms with Gasteiger partial charge in [-0.3, -0.25) is 0 Å². The molecule has 0 saturated heterocycles. The molecule has 3 rings (SSSR count). The van der Waals surface area contributed by atoms with Crippen LogP contribution in [0.4, 0.5) is 0 Å². The fourth-order valence-electron chi connectivity index (χ4n) is 3.75. The Balaban J connectivity index is 1.78. The van der Waals surface area contributed by atoms with Crippen LogP contribution in [0.3, 0.4) is 0 Å². The smallest absolute Gasteiger partial charge is 0.139 e. The van der Waals surface area contributed by atoms with E-state index in [1.165, 1.54) is 38.5 Å². The van der Waals surface area contributed by atoms with E-state index in [1.54, 1.807) is 6.07 Å². The van der Waals surface area contributed by atoms with Gasteiger partial charge in [0, 0.05) is 17.9 Å². The first-order valence-corrected chi connectivity index (χ1v) is 8.25. The van der Waals surface area contributed by atoms with Crippen LogP contribution in [-0.2, 0) is 0 Å². The summed E-state index contributed by atoms with van der Waals surface area (Å²) in [6, 6.07) is 5.82. The molecule has 0 radical (unpaired) electrons. The van der Waals surface area contributed by atoms with Gasteiger partial charge in [-0.05, 0) is 25.0 Å². The van der Waals surface area contributed by atoms with Crippen LogP contribution < -0.4 is 10.5 Å². The molecule has 2 unspecified atom stereocenters. The van der Waals surface area contributed by atoms with Gasteiger partial charge >= 0.3 is 0 Å². The number of ether oxygens (including phenoxy) is 1. The molecule has 20 heavy (non-hydrogen) atoms. The second-order valence-electron chi connectivity index (χ2n) is 6.15. The van der Waals surface area contributed by atoms with Crippen LogP contribution in [0.5, 0.6) is 5.75 Å². The molecule has 0 heterocycles. The number of hydrogen-bond donors (Lipinski definition) is 1. The molecule has 0 bridgehead atoms. The van der Waals surface area contributed by atoms with Gasteiger partial charge < -0.3 is 10.5 Å². The highest BCUT2D eigenvalue weighted by Crippen LogP contribution is 2.52. The van der Waals surface area contributed by atoms with Crippen molar-refractivity contribution in [3.05, 3.63) is 28.2 Å². The molecule has 0 aromatic heterocycles. The summed E-state index contributed by atoms with van der Waals surface area (Å²) in [5, 5.41) is 1.06. The summed E-state index contributed by atoms with van der Waals surface area (Å²) in [6.07, 6.45) is 8.62. The lowest BCUT2D eigenvalue weighted by atomic mass is 9.58. The topological polar surface area (TPSA) is 35.2 Å². The average molecular weight is 314 g/mol. The highest BCUT2D eigenvalue weighted by molar-refractivity contribution is 6.42. The van der Waals surface area contributed by atoms with Crippen molar-refractivity contribution in [2.45, 2.75) is 57.1 Å². The van der Waals surface area contributed by atoms with Crippen molar-refractivity contribution in [3.8, 4) is 5.75 Å². The predicted molar refractivity (Wildman–Crippen MR) is 83.6 cm³/mol. The van der Waals surface area contributed by atoms with Gasteiger partial charge in [0.1, 0.15) is 16.9 Å². The number of halogens is 2. The summed E-state index contributed by atoms with van der Waals surface area (Å²) in [5.74, 6) is 0.694.